The molecule has 0 aromatic carbocycles. The van der Waals surface area contributed by atoms with Crippen molar-refractivity contribution < 1.29 is 9.66 Å². The predicted octanol–water partition coefficient (Wildman–Crippen LogP) is 1.18. The van der Waals surface area contributed by atoms with Gasteiger partial charge in [-0.2, -0.15) is 0 Å². The Morgan fingerprint density at radius 3 is 3.11 bits per heavy atom. The highest BCUT2D eigenvalue weighted by atomic mass is 79.9. The van der Waals surface area contributed by atoms with Gasteiger partial charge in [0.05, 0.1) is 22.1 Å². The molecule has 0 saturated carbocycles. The van der Waals surface area contributed by atoms with Gasteiger partial charge in [0, 0.05) is 32.7 Å². The van der Waals surface area contributed by atoms with Crippen molar-refractivity contribution in [3.63, 3.8) is 0 Å². The second kappa shape index (κ2) is 6.27. The van der Waals surface area contributed by atoms with Crippen LogP contribution < -0.4 is 10.2 Å². The maximum absolute atomic E-state index is 10.7. The second-order valence-corrected chi connectivity index (χ2v) is 5.19. The summed E-state index contributed by atoms with van der Waals surface area (Å²) in [6.07, 6.45) is 1.36. The van der Waals surface area contributed by atoms with Gasteiger partial charge in [0.15, 0.2) is 0 Å². The molecule has 104 valence electrons. The van der Waals surface area contributed by atoms with Crippen LogP contribution in [0.2, 0.25) is 0 Å². The van der Waals surface area contributed by atoms with E-state index < -0.39 is 4.92 Å². The Labute approximate surface area is 119 Å². The molecule has 7 nitrogen and oxygen atoms in total. The van der Waals surface area contributed by atoms with Gasteiger partial charge in [0.1, 0.15) is 12.0 Å². The van der Waals surface area contributed by atoms with Crippen LogP contribution in [-0.2, 0) is 4.74 Å². The quantitative estimate of drug-likeness (QED) is 0.659. The number of morpholine rings is 1. The third-order valence-corrected chi connectivity index (χ3v) is 3.45. The molecule has 0 spiro atoms. The van der Waals surface area contributed by atoms with Crippen LogP contribution in [-0.4, -0.2) is 49.3 Å². The van der Waals surface area contributed by atoms with Gasteiger partial charge < -0.3 is 15.0 Å². The summed E-state index contributed by atoms with van der Waals surface area (Å²) in [5.74, 6) is 0.666. The molecule has 2 rings (SSSR count). The van der Waals surface area contributed by atoms with E-state index in [-0.39, 0.29) is 11.8 Å². The van der Waals surface area contributed by atoms with Crippen molar-refractivity contribution in [3.8, 4) is 0 Å². The van der Waals surface area contributed by atoms with Crippen molar-refractivity contribution in [1.82, 2.24) is 10.3 Å². The lowest BCUT2D eigenvalue weighted by Gasteiger charge is -2.28. The second-order valence-electron chi connectivity index (χ2n) is 4.33. The Kier molecular flexibility index (Phi) is 4.67. The molecule has 0 radical (unpaired) electrons. The van der Waals surface area contributed by atoms with Gasteiger partial charge in [0.25, 0.3) is 5.69 Å². The van der Waals surface area contributed by atoms with Crippen molar-refractivity contribution in [2.45, 2.75) is 6.10 Å². The maximum Gasteiger partial charge on any atom is 0.288 e. The molecule has 0 bridgehead atoms. The summed E-state index contributed by atoms with van der Waals surface area (Å²) in [5.41, 5.74) is -0.0281. The zero-order chi connectivity index (χ0) is 13.8. The summed E-state index contributed by atoms with van der Waals surface area (Å²) in [6.45, 7) is 3.05. The Morgan fingerprint density at radius 1 is 1.74 bits per heavy atom. The van der Waals surface area contributed by atoms with Crippen molar-refractivity contribution >= 4 is 27.4 Å². The van der Waals surface area contributed by atoms with Crippen LogP contribution in [0.5, 0.6) is 0 Å². The molecule has 1 unspecified atom stereocenters. The van der Waals surface area contributed by atoms with E-state index in [0.717, 1.165) is 13.1 Å². The third-order valence-electron chi connectivity index (χ3n) is 2.86. The SMILES string of the molecule is CN(CC1CNCCO1)c1ncc([N+](=O)[O-])cc1Br. The number of hydrogen-bond acceptors (Lipinski definition) is 6. The minimum absolute atomic E-state index is 0.0281. The first-order valence-corrected chi connectivity index (χ1v) is 6.70. The molecule has 1 N–H and O–H groups in total. The Morgan fingerprint density at radius 2 is 2.53 bits per heavy atom. The fourth-order valence-electron chi connectivity index (χ4n) is 1.93. The van der Waals surface area contributed by atoms with Crippen molar-refractivity contribution in [2.75, 3.05) is 38.2 Å². The van der Waals surface area contributed by atoms with E-state index in [2.05, 4.69) is 26.2 Å². The van der Waals surface area contributed by atoms with Crippen LogP contribution in [0.25, 0.3) is 0 Å². The third kappa shape index (κ3) is 3.62. The molecule has 0 amide bonds. The number of ether oxygens (including phenoxy) is 1. The van der Waals surface area contributed by atoms with Crippen LogP contribution in [0.1, 0.15) is 0 Å². The fraction of sp³-hybridized carbons (Fsp3) is 0.545. The van der Waals surface area contributed by atoms with Crippen LogP contribution in [0.3, 0.4) is 0 Å². The van der Waals surface area contributed by atoms with Gasteiger partial charge in [-0.3, -0.25) is 10.1 Å². The van der Waals surface area contributed by atoms with Crippen molar-refractivity contribution in [2.24, 2.45) is 0 Å². The summed E-state index contributed by atoms with van der Waals surface area (Å²) >= 11 is 3.32. The monoisotopic (exact) mass is 330 g/mol. The molecular weight excluding hydrogens is 316 g/mol. The van der Waals surface area contributed by atoms with Crippen LogP contribution in [0, 0.1) is 10.1 Å². The molecule has 2 heterocycles. The summed E-state index contributed by atoms with van der Waals surface area (Å²) < 4.78 is 6.22. The largest absolute Gasteiger partial charge is 0.374 e. The number of aromatic nitrogens is 1. The number of rotatable bonds is 4. The predicted molar refractivity (Wildman–Crippen MR) is 74.5 cm³/mol. The first kappa shape index (κ1) is 14.2. The van der Waals surface area contributed by atoms with E-state index in [1.165, 1.54) is 12.3 Å². The highest BCUT2D eigenvalue weighted by Crippen LogP contribution is 2.26. The standard InChI is InChI=1S/C11H15BrN4O3/c1-15(7-9-6-13-2-3-19-9)11-10(12)4-8(5-14-11)16(17)18/h4-5,9,13H,2-3,6-7H2,1H3. The normalized spacial score (nSPS) is 19.2. The van der Waals surface area contributed by atoms with Crippen LogP contribution in [0.15, 0.2) is 16.7 Å². The average Bonchev–Trinajstić information content (AvgIpc) is 2.39. The number of pyridine rings is 1. The molecule has 1 aliphatic heterocycles. The minimum Gasteiger partial charge on any atom is -0.374 e. The van der Waals surface area contributed by atoms with Gasteiger partial charge in [-0.1, -0.05) is 0 Å². The van der Waals surface area contributed by atoms with E-state index in [1.807, 2.05) is 11.9 Å². The van der Waals surface area contributed by atoms with Crippen LogP contribution >= 0.6 is 15.9 Å². The minimum atomic E-state index is -0.463. The average molecular weight is 331 g/mol. The molecule has 1 aromatic heterocycles. The van der Waals surface area contributed by atoms with E-state index in [0.29, 0.717) is 23.4 Å². The zero-order valence-corrected chi connectivity index (χ0v) is 12.1. The van der Waals surface area contributed by atoms with Gasteiger partial charge in [0.2, 0.25) is 0 Å². The lowest BCUT2D eigenvalue weighted by atomic mass is 10.3. The summed E-state index contributed by atoms with van der Waals surface area (Å²) in [4.78, 5) is 16.2. The number of anilines is 1. The van der Waals surface area contributed by atoms with Gasteiger partial charge in [-0.05, 0) is 15.9 Å². The number of nitrogens with one attached hydrogen (secondary N) is 1. The van der Waals surface area contributed by atoms with Gasteiger partial charge >= 0.3 is 0 Å². The highest BCUT2D eigenvalue weighted by Gasteiger charge is 2.19. The smallest absolute Gasteiger partial charge is 0.288 e. The molecule has 1 aromatic rings. The topological polar surface area (TPSA) is 80.5 Å². The van der Waals surface area contributed by atoms with Gasteiger partial charge in [-0.25, -0.2) is 4.98 Å². The van der Waals surface area contributed by atoms with Gasteiger partial charge in [-0.15, -0.1) is 0 Å². The van der Waals surface area contributed by atoms with Crippen LogP contribution in [0.4, 0.5) is 11.5 Å². The Bertz CT molecular complexity index is 465. The molecule has 1 fully saturated rings. The van der Waals surface area contributed by atoms with Crippen molar-refractivity contribution in [1.29, 1.82) is 0 Å². The molecular formula is C11H15BrN4O3. The summed E-state index contributed by atoms with van der Waals surface area (Å²) in [5, 5.41) is 13.9. The maximum atomic E-state index is 10.7. The van der Waals surface area contributed by atoms with Crippen molar-refractivity contribution in [3.05, 3.63) is 26.9 Å². The van der Waals surface area contributed by atoms with E-state index in [1.54, 1.807) is 0 Å². The zero-order valence-electron chi connectivity index (χ0n) is 10.5. The Hall–Kier alpha value is -1.25. The van der Waals surface area contributed by atoms with E-state index in [4.69, 9.17) is 4.74 Å². The number of nitro groups is 1. The summed E-state index contributed by atoms with van der Waals surface area (Å²) in [7, 11) is 1.89. The number of hydrogen-bond donors (Lipinski definition) is 1. The fourth-order valence-corrected chi connectivity index (χ4v) is 2.57. The molecule has 1 aliphatic rings. The molecule has 0 aliphatic carbocycles. The highest BCUT2D eigenvalue weighted by molar-refractivity contribution is 9.10. The molecule has 19 heavy (non-hydrogen) atoms. The molecule has 8 heteroatoms. The lowest BCUT2D eigenvalue weighted by molar-refractivity contribution is -0.385. The molecule has 1 saturated heterocycles. The first-order valence-electron chi connectivity index (χ1n) is 5.91. The first-order chi connectivity index (χ1) is 9.08. The number of likely N-dealkylation sites (N-methyl/N-ethyl adjacent to an activating group) is 1. The lowest BCUT2D eigenvalue weighted by Crippen LogP contribution is -2.44. The van der Waals surface area contributed by atoms with E-state index in [9.17, 15) is 10.1 Å². The number of nitrogens with zero attached hydrogens (tertiary/aromatic N) is 3. The molecule has 1 atom stereocenters. The Balaban J connectivity index is 2.05. The summed E-state index contributed by atoms with van der Waals surface area (Å²) in [6, 6.07) is 1.46. The van der Waals surface area contributed by atoms with E-state index >= 15 is 0 Å². The number of halogens is 1.